The van der Waals surface area contributed by atoms with Crippen LogP contribution in [0, 0.1) is 0 Å². The quantitative estimate of drug-likeness (QED) is 0.811. The highest BCUT2D eigenvalue weighted by Gasteiger charge is 2.25. The Balaban J connectivity index is 2.49. The Morgan fingerprint density at radius 1 is 1.26 bits per heavy atom. The van der Waals surface area contributed by atoms with Crippen LogP contribution in [0.25, 0.3) is 0 Å². The predicted octanol–water partition coefficient (Wildman–Crippen LogP) is 0.356. The molecule has 19 heavy (non-hydrogen) atoms. The van der Waals surface area contributed by atoms with Crippen LogP contribution in [-0.2, 0) is 14.8 Å². The summed E-state index contributed by atoms with van der Waals surface area (Å²) < 4.78 is 31.2. The Labute approximate surface area is 113 Å². The molecule has 0 aromatic heterocycles. The highest BCUT2D eigenvalue weighted by molar-refractivity contribution is 7.89. The summed E-state index contributed by atoms with van der Waals surface area (Å²) in [5.41, 5.74) is 6.86. The van der Waals surface area contributed by atoms with Crippen LogP contribution in [0.3, 0.4) is 0 Å². The fourth-order valence-corrected chi connectivity index (χ4v) is 3.14. The molecule has 0 aliphatic carbocycles. The van der Waals surface area contributed by atoms with E-state index in [9.17, 15) is 8.42 Å². The van der Waals surface area contributed by atoms with Gasteiger partial charge in [0.25, 0.3) is 0 Å². The summed E-state index contributed by atoms with van der Waals surface area (Å²) in [6.07, 6.45) is 0. The summed E-state index contributed by atoms with van der Waals surface area (Å²) in [7, 11) is -0.478. The first-order valence-corrected chi connectivity index (χ1v) is 7.51. The third-order valence-corrected chi connectivity index (χ3v) is 4.94. The van der Waals surface area contributed by atoms with E-state index in [1.807, 2.05) is 4.90 Å². The Hall–Kier alpha value is -1.31. The molecule has 1 aromatic carbocycles. The zero-order valence-corrected chi connectivity index (χ0v) is 12.0. The fourth-order valence-electron chi connectivity index (χ4n) is 2.00. The number of nitrogens with two attached hydrogens (primary N) is 1. The molecule has 0 radical (unpaired) electrons. The van der Waals surface area contributed by atoms with Gasteiger partial charge in [0, 0.05) is 32.9 Å². The number of benzene rings is 1. The predicted molar refractivity (Wildman–Crippen MR) is 74.8 cm³/mol. The lowest BCUT2D eigenvalue weighted by Gasteiger charge is -2.31. The van der Waals surface area contributed by atoms with Crippen molar-refractivity contribution in [2.75, 3.05) is 51.0 Å². The van der Waals surface area contributed by atoms with E-state index in [1.54, 1.807) is 12.1 Å². The molecule has 1 aliphatic rings. The first-order chi connectivity index (χ1) is 8.93. The zero-order chi connectivity index (χ0) is 14.0. The fraction of sp³-hybridized carbons (Fsp3) is 0.500. The van der Waals surface area contributed by atoms with E-state index in [0.29, 0.717) is 37.7 Å². The second-order valence-electron chi connectivity index (χ2n) is 4.61. The van der Waals surface area contributed by atoms with Crippen LogP contribution >= 0.6 is 0 Å². The van der Waals surface area contributed by atoms with Crippen molar-refractivity contribution in [1.29, 1.82) is 0 Å². The topological polar surface area (TPSA) is 75.9 Å². The maximum atomic E-state index is 12.4. The number of rotatable bonds is 3. The van der Waals surface area contributed by atoms with Gasteiger partial charge in [-0.2, -0.15) is 0 Å². The molecule has 0 atom stereocenters. The van der Waals surface area contributed by atoms with Crippen LogP contribution in [0.15, 0.2) is 23.1 Å². The highest BCUT2D eigenvalue weighted by atomic mass is 32.2. The number of sulfonamides is 1. The molecule has 0 spiro atoms. The molecule has 7 heteroatoms. The standard InChI is InChI=1S/C12H19N3O3S/c1-14(2)19(16,17)12-9-10(13)3-4-11(12)15-5-7-18-8-6-15/h3-4,9H,5-8,13H2,1-2H3. The summed E-state index contributed by atoms with van der Waals surface area (Å²) in [6, 6.07) is 5.00. The molecular formula is C12H19N3O3S. The molecule has 0 bridgehead atoms. The van der Waals surface area contributed by atoms with Crippen molar-refractivity contribution in [2.45, 2.75) is 4.90 Å². The Morgan fingerprint density at radius 3 is 2.47 bits per heavy atom. The van der Waals surface area contributed by atoms with Gasteiger partial charge in [-0.1, -0.05) is 0 Å². The largest absolute Gasteiger partial charge is 0.399 e. The molecule has 0 saturated carbocycles. The molecule has 1 heterocycles. The van der Waals surface area contributed by atoms with Gasteiger partial charge >= 0.3 is 0 Å². The lowest BCUT2D eigenvalue weighted by atomic mass is 10.2. The maximum Gasteiger partial charge on any atom is 0.244 e. The summed E-state index contributed by atoms with van der Waals surface area (Å²) >= 11 is 0. The summed E-state index contributed by atoms with van der Waals surface area (Å²) in [6.45, 7) is 2.57. The SMILES string of the molecule is CN(C)S(=O)(=O)c1cc(N)ccc1N1CCOCC1. The van der Waals surface area contributed by atoms with Crippen LogP contribution in [0.5, 0.6) is 0 Å². The van der Waals surface area contributed by atoms with E-state index in [2.05, 4.69) is 0 Å². The Bertz CT molecular complexity index is 551. The highest BCUT2D eigenvalue weighted by Crippen LogP contribution is 2.29. The number of ether oxygens (including phenoxy) is 1. The van der Waals surface area contributed by atoms with Crippen molar-refractivity contribution < 1.29 is 13.2 Å². The molecule has 1 saturated heterocycles. The van der Waals surface area contributed by atoms with Gasteiger partial charge < -0.3 is 15.4 Å². The van der Waals surface area contributed by atoms with E-state index in [-0.39, 0.29) is 4.90 Å². The molecule has 6 nitrogen and oxygen atoms in total. The number of anilines is 2. The first kappa shape index (κ1) is 14.1. The number of morpholine rings is 1. The average molecular weight is 285 g/mol. The van der Waals surface area contributed by atoms with E-state index in [0.717, 1.165) is 0 Å². The van der Waals surface area contributed by atoms with Gasteiger partial charge in [-0.15, -0.1) is 0 Å². The summed E-state index contributed by atoms with van der Waals surface area (Å²) in [5.74, 6) is 0. The molecule has 2 N–H and O–H groups in total. The van der Waals surface area contributed by atoms with Crippen molar-refractivity contribution in [3.63, 3.8) is 0 Å². The van der Waals surface area contributed by atoms with Gasteiger partial charge in [-0.3, -0.25) is 0 Å². The lowest BCUT2D eigenvalue weighted by molar-refractivity contribution is 0.122. The van der Waals surface area contributed by atoms with E-state index in [4.69, 9.17) is 10.5 Å². The molecule has 106 valence electrons. The third kappa shape index (κ3) is 2.83. The molecule has 0 amide bonds. The molecule has 2 rings (SSSR count). The molecule has 1 aliphatic heterocycles. The van der Waals surface area contributed by atoms with Crippen LogP contribution in [-0.4, -0.2) is 53.1 Å². The van der Waals surface area contributed by atoms with Gasteiger partial charge in [0.15, 0.2) is 0 Å². The average Bonchev–Trinajstić information content (AvgIpc) is 2.39. The van der Waals surface area contributed by atoms with Crippen LogP contribution in [0.4, 0.5) is 11.4 Å². The summed E-state index contributed by atoms with van der Waals surface area (Å²) in [4.78, 5) is 2.26. The van der Waals surface area contributed by atoms with Crippen LogP contribution < -0.4 is 10.6 Å². The summed E-state index contributed by atoms with van der Waals surface area (Å²) in [5, 5.41) is 0. The van der Waals surface area contributed by atoms with Gasteiger partial charge in [0.2, 0.25) is 10.0 Å². The third-order valence-electron chi connectivity index (χ3n) is 3.09. The lowest BCUT2D eigenvalue weighted by Crippen LogP contribution is -2.37. The zero-order valence-electron chi connectivity index (χ0n) is 11.2. The maximum absolute atomic E-state index is 12.4. The van der Waals surface area contributed by atoms with Crippen molar-refractivity contribution in [3.8, 4) is 0 Å². The molecule has 0 unspecified atom stereocenters. The minimum Gasteiger partial charge on any atom is -0.399 e. The number of nitrogen functional groups attached to an aromatic ring is 1. The van der Waals surface area contributed by atoms with Crippen LogP contribution in [0.1, 0.15) is 0 Å². The first-order valence-electron chi connectivity index (χ1n) is 6.07. The number of hydrogen-bond acceptors (Lipinski definition) is 5. The van der Waals surface area contributed by atoms with Crippen molar-refractivity contribution in [1.82, 2.24) is 4.31 Å². The van der Waals surface area contributed by atoms with E-state index >= 15 is 0 Å². The Kier molecular flexibility index (Phi) is 3.98. The minimum absolute atomic E-state index is 0.249. The molecule has 1 fully saturated rings. The van der Waals surface area contributed by atoms with Crippen molar-refractivity contribution >= 4 is 21.4 Å². The van der Waals surface area contributed by atoms with Gasteiger partial charge in [0.1, 0.15) is 4.90 Å². The monoisotopic (exact) mass is 285 g/mol. The number of hydrogen-bond donors (Lipinski definition) is 1. The van der Waals surface area contributed by atoms with Crippen LogP contribution in [0.2, 0.25) is 0 Å². The molecule has 1 aromatic rings. The second kappa shape index (κ2) is 5.36. The van der Waals surface area contributed by atoms with Gasteiger partial charge in [0.05, 0.1) is 18.9 Å². The molecular weight excluding hydrogens is 266 g/mol. The van der Waals surface area contributed by atoms with Gasteiger partial charge in [-0.25, -0.2) is 12.7 Å². The Morgan fingerprint density at radius 2 is 1.89 bits per heavy atom. The van der Waals surface area contributed by atoms with Crippen molar-refractivity contribution in [3.05, 3.63) is 18.2 Å². The van der Waals surface area contributed by atoms with Gasteiger partial charge in [-0.05, 0) is 18.2 Å². The smallest absolute Gasteiger partial charge is 0.244 e. The van der Waals surface area contributed by atoms with E-state index in [1.165, 1.54) is 24.5 Å². The minimum atomic E-state index is -3.51. The second-order valence-corrected chi connectivity index (χ2v) is 6.73. The van der Waals surface area contributed by atoms with Crippen molar-refractivity contribution in [2.24, 2.45) is 0 Å². The number of nitrogens with zero attached hydrogens (tertiary/aromatic N) is 2. The normalized spacial score (nSPS) is 16.9. The van der Waals surface area contributed by atoms with E-state index < -0.39 is 10.0 Å².